The molecule has 4 rings (SSSR count). The number of carbonyl (C=O) groups is 2. The number of aromatic nitrogens is 4. The van der Waals surface area contributed by atoms with Crippen molar-refractivity contribution in [3.63, 3.8) is 0 Å². The summed E-state index contributed by atoms with van der Waals surface area (Å²) in [6.45, 7) is 0. The number of Topliss-reactive ketones (excluding diaryl/α,β-unsaturated/α-hetero) is 1. The molecule has 3 aromatic rings. The minimum Gasteiger partial charge on any atom is -0.505 e. The van der Waals surface area contributed by atoms with Gasteiger partial charge in [-0.3, -0.25) is 19.5 Å². The quantitative estimate of drug-likeness (QED) is 0.426. The van der Waals surface area contributed by atoms with E-state index in [0.717, 1.165) is 11.3 Å². The number of anilines is 1. The number of amides is 1. The standard InChI is InChI=1S/C15H9N5O4S/c21-12(9-5-16-2-3-17-9)10-11(8-1-4-24-6-8)20(14(23)13(10)22)15-19-18-7-25-15/h1-7,11,21H/b12-10+. The zero-order valence-corrected chi connectivity index (χ0v) is 13.3. The Morgan fingerprint density at radius 3 is 2.84 bits per heavy atom. The van der Waals surface area contributed by atoms with Gasteiger partial charge in [-0.2, -0.15) is 0 Å². The summed E-state index contributed by atoms with van der Waals surface area (Å²) in [6, 6.07) is 0.711. The molecule has 1 unspecified atom stereocenters. The molecule has 25 heavy (non-hydrogen) atoms. The maximum Gasteiger partial charge on any atom is 0.301 e. The molecule has 0 aliphatic carbocycles. The van der Waals surface area contributed by atoms with Crippen molar-refractivity contribution in [2.24, 2.45) is 0 Å². The Balaban J connectivity index is 1.93. The maximum absolute atomic E-state index is 12.6. The first-order valence-electron chi connectivity index (χ1n) is 7.04. The van der Waals surface area contributed by atoms with Gasteiger partial charge in [0.2, 0.25) is 5.13 Å². The Labute approximate surface area is 144 Å². The molecule has 124 valence electrons. The van der Waals surface area contributed by atoms with E-state index in [1.165, 1.54) is 41.5 Å². The molecular formula is C15H9N5O4S. The topological polar surface area (TPSA) is 122 Å². The summed E-state index contributed by atoms with van der Waals surface area (Å²) in [5.74, 6) is -2.07. The molecule has 0 radical (unpaired) electrons. The lowest BCUT2D eigenvalue weighted by Gasteiger charge is -2.20. The molecule has 3 aromatic heterocycles. The van der Waals surface area contributed by atoms with Crippen LogP contribution in [0, 0.1) is 0 Å². The summed E-state index contributed by atoms with van der Waals surface area (Å²) in [5, 5.41) is 18.4. The summed E-state index contributed by atoms with van der Waals surface area (Å²) >= 11 is 1.10. The third-order valence-corrected chi connectivity index (χ3v) is 4.35. The number of ketones is 1. The van der Waals surface area contributed by atoms with E-state index in [4.69, 9.17) is 4.42 Å². The number of nitrogens with zero attached hydrogens (tertiary/aromatic N) is 5. The van der Waals surface area contributed by atoms with E-state index in [1.807, 2.05) is 0 Å². The first kappa shape index (κ1) is 15.1. The fourth-order valence-corrected chi connectivity index (χ4v) is 3.19. The van der Waals surface area contributed by atoms with Crippen LogP contribution in [0.4, 0.5) is 5.13 Å². The molecule has 1 amide bonds. The van der Waals surface area contributed by atoms with Gasteiger partial charge in [-0.1, -0.05) is 11.3 Å². The van der Waals surface area contributed by atoms with Crippen LogP contribution >= 0.6 is 11.3 Å². The van der Waals surface area contributed by atoms with Gasteiger partial charge in [0.05, 0.1) is 24.3 Å². The molecule has 0 spiro atoms. The van der Waals surface area contributed by atoms with E-state index in [1.54, 1.807) is 6.07 Å². The average Bonchev–Trinajstić information content (AvgIpc) is 3.37. The number of hydrogen-bond acceptors (Lipinski definition) is 9. The number of aliphatic hydroxyl groups excluding tert-OH is 1. The molecule has 0 aromatic carbocycles. The lowest BCUT2D eigenvalue weighted by Crippen LogP contribution is -2.29. The Kier molecular flexibility index (Phi) is 3.58. The van der Waals surface area contributed by atoms with Crippen molar-refractivity contribution in [2.75, 3.05) is 4.90 Å². The molecule has 1 saturated heterocycles. The molecule has 10 heteroatoms. The second-order valence-electron chi connectivity index (χ2n) is 5.04. The monoisotopic (exact) mass is 355 g/mol. The van der Waals surface area contributed by atoms with Gasteiger partial charge in [-0.25, -0.2) is 4.98 Å². The third-order valence-electron chi connectivity index (χ3n) is 3.66. The van der Waals surface area contributed by atoms with Gasteiger partial charge in [0.25, 0.3) is 5.78 Å². The molecule has 1 aliphatic rings. The minimum absolute atomic E-state index is 0.0891. The van der Waals surface area contributed by atoms with Crippen LogP contribution in [-0.4, -0.2) is 37.0 Å². The zero-order chi connectivity index (χ0) is 17.4. The van der Waals surface area contributed by atoms with E-state index in [0.29, 0.717) is 5.56 Å². The summed E-state index contributed by atoms with van der Waals surface area (Å²) in [5.41, 5.74) is 1.94. The lowest BCUT2D eigenvalue weighted by atomic mass is 9.99. The molecule has 4 heterocycles. The Hall–Kier alpha value is -3.40. The van der Waals surface area contributed by atoms with Crippen molar-refractivity contribution in [2.45, 2.75) is 6.04 Å². The molecule has 1 aliphatic heterocycles. The number of carbonyl (C=O) groups excluding carboxylic acids is 2. The van der Waals surface area contributed by atoms with Crippen LogP contribution in [0.25, 0.3) is 5.76 Å². The van der Waals surface area contributed by atoms with Crippen molar-refractivity contribution in [1.29, 1.82) is 0 Å². The average molecular weight is 355 g/mol. The van der Waals surface area contributed by atoms with E-state index in [2.05, 4.69) is 20.2 Å². The van der Waals surface area contributed by atoms with Gasteiger partial charge >= 0.3 is 5.91 Å². The third kappa shape index (κ3) is 2.39. The van der Waals surface area contributed by atoms with Gasteiger partial charge < -0.3 is 9.52 Å². The minimum atomic E-state index is -0.895. The predicted octanol–water partition coefficient (Wildman–Crippen LogP) is 1.55. The highest BCUT2D eigenvalue weighted by molar-refractivity contribution is 7.13. The molecule has 0 bridgehead atoms. The summed E-state index contributed by atoms with van der Waals surface area (Å²) in [4.78, 5) is 34.2. The largest absolute Gasteiger partial charge is 0.505 e. The highest BCUT2D eigenvalue weighted by atomic mass is 32.1. The zero-order valence-electron chi connectivity index (χ0n) is 12.4. The van der Waals surface area contributed by atoms with Gasteiger partial charge in [0.1, 0.15) is 17.2 Å². The Morgan fingerprint density at radius 2 is 2.20 bits per heavy atom. The highest BCUT2D eigenvalue weighted by Crippen LogP contribution is 2.42. The van der Waals surface area contributed by atoms with Crippen LogP contribution < -0.4 is 4.90 Å². The van der Waals surface area contributed by atoms with Crippen molar-refractivity contribution in [3.05, 3.63) is 59.5 Å². The fraction of sp³-hybridized carbons (Fsp3) is 0.0667. The summed E-state index contributed by atoms with van der Waals surface area (Å²) in [6.07, 6.45) is 6.93. The van der Waals surface area contributed by atoms with Crippen LogP contribution in [0.5, 0.6) is 0 Å². The smallest absolute Gasteiger partial charge is 0.301 e. The number of rotatable bonds is 3. The highest BCUT2D eigenvalue weighted by Gasteiger charge is 2.48. The van der Waals surface area contributed by atoms with Crippen LogP contribution in [0.15, 0.2) is 52.7 Å². The van der Waals surface area contributed by atoms with Gasteiger partial charge in [-0.05, 0) is 6.07 Å². The van der Waals surface area contributed by atoms with E-state index in [-0.39, 0.29) is 16.4 Å². The van der Waals surface area contributed by atoms with Crippen molar-refractivity contribution >= 4 is 33.9 Å². The maximum atomic E-state index is 12.6. The SMILES string of the molecule is O=C1C(=O)N(c2nncs2)C(c2ccoc2)/C1=C(\O)c1cnccn1. The van der Waals surface area contributed by atoms with Gasteiger partial charge in [0, 0.05) is 18.0 Å². The van der Waals surface area contributed by atoms with Crippen molar-refractivity contribution in [3.8, 4) is 0 Å². The predicted molar refractivity (Wildman–Crippen MR) is 85.4 cm³/mol. The molecule has 0 saturated carbocycles. The summed E-state index contributed by atoms with van der Waals surface area (Å²) < 4.78 is 5.08. The van der Waals surface area contributed by atoms with E-state index < -0.39 is 23.5 Å². The normalized spacial score (nSPS) is 19.5. The molecular weight excluding hydrogens is 346 g/mol. The number of hydrogen-bond donors (Lipinski definition) is 1. The Morgan fingerprint density at radius 1 is 1.32 bits per heavy atom. The van der Waals surface area contributed by atoms with Crippen LogP contribution in [0.3, 0.4) is 0 Å². The molecule has 1 atom stereocenters. The lowest BCUT2D eigenvalue weighted by molar-refractivity contribution is -0.132. The van der Waals surface area contributed by atoms with Gasteiger partial charge in [0.15, 0.2) is 5.76 Å². The van der Waals surface area contributed by atoms with E-state index >= 15 is 0 Å². The fourth-order valence-electron chi connectivity index (χ4n) is 2.61. The van der Waals surface area contributed by atoms with E-state index in [9.17, 15) is 14.7 Å². The number of aliphatic hydroxyl groups is 1. The second kappa shape index (κ2) is 5.91. The molecule has 9 nitrogen and oxygen atoms in total. The first-order chi connectivity index (χ1) is 12.2. The van der Waals surface area contributed by atoms with Crippen molar-refractivity contribution < 1.29 is 19.1 Å². The summed E-state index contributed by atoms with van der Waals surface area (Å²) in [7, 11) is 0. The van der Waals surface area contributed by atoms with Crippen LogP contribution in [0.2, 0.25) is 0 Å². The molecule has 1 fully saturated rings. The number of furan rings is 1. The van der Waals surface area contributed by atoms with Gasteiger partial charge in [-0.15, -0.1) is 10.2 Å². The van der Waals surface area contributed by atoms with Crippen LogP contribution in [-0.2, 0) is 9.59 Å². The first-order valence-corrected chi connectivity index (χ1v) is 7.92. The van der Waals surface area contributed by atoms with Crippen molar-refractivity contribution in [1.82, 2.24) is 20.2 Å². The second-order valence-corrected chi connectivity index (χ2v) is 5.85. The molecule has 1 N–H and O–H groups in total. The van der Waals surface area contributed by atoms with Crippen LogP contribution in [0.1, 0.15) is 17.3 Å². The Bertz CT molecular complexity index is 953.